The van der Waals surface area contributed by atoms with Crippen molar-refractivity contribution in [1.82, 2.24) is 10.1 Å². The molecule has 8 nitrogen and oxygen atoms in total. The van der Waals surface area contributed by atoms with Crippen LogP contribution in [0.15, 0.2) is 47.0 Å². The number of benzene rings is 2. The first-order valence-electron chi connectivity index (χ1n) is 8.32. The summed E-state index contributed by atoms with van der Waals surface area (Å²) in [4.78, 5) is 27.8. The van der Waals surface area contributed by atoms with Crippen molar-refractivity contribution >= 4 is 23.2 Å². The zero-order valence-electron chi connectivity index (χ0n) is 15.2. The van der Waals surface area contributed by atoms with E-state index in [1.54, 1.807) is 31.2 Å². The number of aryl methyl sites for hydroxylation is 1. The van der Waals surface area contributed by atoms with E-state index in [-0.39, 0.29) is 17.9 Å². The van der Waals surface area contributed by atoms with Crippen molar-refractivity contribution in [3.05, 3.63) is 65.6 Å². The molecule has 1 heterocycles. The molecule has 2 N–H and O–H groups in total. The van der Waals surface area contributed by atoms with Gasteiger partial charge in [-0.05, 0) is 30.3 Å². The first-order valence-corrected chi connectivity index (χ1v) is 8.32. The molecule has 0 bridgehead atoms. The Balaban J connectivity index is 1.75. The fourth-order valence-electron chi connectivity index (χ4n) is 2.41. The number of hydrogen-bond donors (Lipinski definition) is 2. The summed E-state index contributed by atoms with van der Waals surface area (Å²) in [5.74, 6) is -0.390. The van der Waals surface area contributed by atoms with Gasteiger partial charge in [-0.1, -0.05) is 17.3 Å². The summed E-state index contributed by atoms with van der Waals surface area (Å²) < 4.78 is 24.3. The molecular formula is C19H17FN4O4. The standard InChI is InChI=1S/C19H17FN4O4/c1-11(25)21-16-9-13(7-8-15(16)20)23-19(26)14-5-3-4-6-17(14)27-10-18-22-12(2)28-24-18/h3-9H,10H2,1-2H3,(H,21,25)(H,23,26). The van der Waals surface area contributed by atoms with E-state index in [1.807, 2.05) is 0 Å². The number of nitrogens with one attached hydrogen (secondary N) is 2. The molecular weight excluding hydrogens is 367 g/mol. The lowest BCUT2D eigenvalue weighted by Crippen LogP contribution is -2.14. The van der Waals surface area contributed by atoms with E-state index in [2.05, 4.69) is 20.8 Å². The fourth-order valence-corrected chi connectivity index (χ4v) is 2.41. The number of para-hydroxylation sites is 1. The van der Waals surface area contributed by atoms with Crippen LogP contribution in [0.4, 0.5) is 15.8 Å². The van der Waals surface area contributed by atoms with Gasteiger partial charge >= 0.3 is 0 Å². The third-order valence-electron chi connectivity index (χ3n) is 3.59. The number of nitrogens with zero attached hydrogens (tertiary/aromatic N) is 2. The zero-order chi connectivity index (χ0) is 20.1. The molecule has 0 unspecified atom stereocenters. The molecule has 1 aromatic heterocycles. The molecule has 2 aromatic carbocycles. The predicted octanol–water partition coefficient (Wildman–Crippen LogP) is 3.31. The van der Waals surface area contributed by atoms with Crippen molar-refractivity contribution in [3.63, 3.8) is 0 Å². The Morgan fingerprint density at radius 1 is 1.18 bits per heavy atom. The van der Waals surface area contributed by atoms with Crippen molar-refractivity contribution in [2.75, 3.05) is 10.6 Å². The van der Waals surface area contributed by atoms with E-state index in [0.29, 0.717) is 23.2 Å². The minimum atomic E-state index is -0.604. The van der Waals surface area contributed by atoms with Crippen molar-refractivity contribution in [2.24, 2.45) is 0 Å². The SMILES string of the molecule is CC(=O)Nc1cc(NC(=O)c2ccccc2OCc2noc(C)n2)ccc1F. The Morgan fingerprint density at radius 3 is 2.68 bits per heavy atom. The third kappa shape index (κ3) is 4.70. The first-order chi connectivity index (χ1) is 13.4. The predicted molar refractivity (Wildman–Crippen MR) is 98.5 cm³/mol. The van der Waals surface area contributed by atoms with Crippen LogP contribution in [-0.2, 0) is 11.4 Å². The van der Waals surface area contributed by atoms with Gasteiger partial charge in [0, 0.05) is 19.5 Å². The van der Waals surface area contributed by atoms with E-state index < -0.39 is 17.6 Å². The van der Waals surface area contributed by atoms with Gasteiger partial charge in [0.1, 0.15) is 11.6 Å². The largest absolute Gasteiger partial charge is 0.485 e. The zero-order valence-corrected chi connectivity index (χ0v) is 15.2. The average molecular weight is 384 g/mol. The molecule has 0 spiro atoms. The molecule has 0 radical (unpaired) electrons. The smallest absolute Gasteiger partial charge is 0.259 e. The van der Waals surface area contributed by atoms with E-state index in [9.17, 15) is 14.0 Å². The molecule has 9 heteroatoms. The lowest BCUT2D eigenvalue weighted by atomic mass is 10.1. The monoisotopic (exact) mass is 384 g/mol. The lowest BCUT2D eigenvalue weighted by Gasteiger charge is -2.12. The van der Waals surface area contributed by atoms with Crippen LogP contribution in [0.3, 0.4) is 0 Å². The second-order valence-electron chi connectivity index (χ2n) is 5.84. The summed E-state index contributed by atoms with van der Waals surface area (Å²) in [6.07, 6.45) is 0. The fraction of sp³-hybridized carbons (Fsp3) is 0.158. The molecule has 3 aromatic rings. The Hall–Kier alpha value is -3.75. The molecule has 3 rings (SSSR count). The highest BCUT2D eigenvalue weighted by Gasteiger charge is 2.15. The first kappa shape index (κ1) is 19.0. The number of ether oxygens (including phenoxy) is 1. The third-order valence-corrected chi connectivity index (χ3v) is 3.59. The lowest BCUT2D eigenvalue weighted by molar-refractivity contribution is -0.114. The van der Waals surface area contributed by atoms with Crippen LogP contribution in [0, 0.1) is 12.7 Å². The topological polar surface area (TPSA) is 106 Å². The van der Waals surface area contributed by atoms with E-state index in [1.165, 1.54) is 19.1 Å². The van der Waals surface area contributed by atoms with Crippen molar-refractivity contribution < 1.29 is 23.2 Å². The van der Waals surface area contributed by atoms with Gasteiger partial charge in [-0.3, -0.25) is 9.59 Å². The number of carbonyl (C=O) groups is 2. The molecule has 144 valence electrons. The molecule has 2 amide bonds. The number of amides is 2. The van der Waals surface area contributed by atoms with Gasteiger partial charge in [-0.15, -0.1) is 0 Å². The van der Waals surface area contributed by atoms with Crippen LogP contribution in [0.25, 0.3) is 0 Å². The van der Waals surface area contributed by atoms with Gasteiger partial charge in [0.05, 0.1) is 11.3 Å². The van der Waals surface area contributed by atoms with E-state index in [4.69, 9.17) is 9.26 Å². The minimum absolute atomic E-state index is 0.0256. The molecule has 0 atom stereocenters. The summed E-state index contributed by atoms with van der Waals surface area (Å²) in [5.41, 5.74) is 0.564. The summed E-state index contributed by atoms with van der Waals surface area (Å²) in [7, 11) is 0. The van der Waals surface area contributed by atoms with Gasteiger partial charge < -0.3 is 19.9 Å². The summed E-state index contributed by atoms with van der Waals surface area (Å²) in [6.45, 7) is 2.96. The Morgan fingerprint density at radius 2 is 1.96 bits per heavy atom. The summed E-state index contributed by atoms with van der Waals surface area (Å²) >= 11 is 0. The van der Waals surface area contributed by atoms with Gasteiger partial charge in [-0.25, -0.2) is 4.39 Å². The highest BCUT2D eigenvalue weighted by Crippen LogP contribution is 2.23. The number of hydrogen-bond acceptors (Lipinski definition) is 6. The Labute approximate surface area is 159 Å². The van der Waals surface area contributed by atoms with E-state index in [0.717, 1.165) is 6.07 Å². The van der Waals surface area contributed by atoms with Gasteiger partial charge in [-0.2, -0.15) is 4.98 Å². The molecule has 28 heavy (non-hydrogen) atoms. The highest BCUT2D eigenvalue weighted by atomic mass is 19.1. The van der Waals surface area contributed by atoms with Gasteiger partial charge in [0.2, 0.25) is 17.6 Å². The number of anilines is 2. The number of carbonyl (C=O) groups excluding carboxylic acids is 2. The van der Waals surface area contributed by atoms with Crippen LogP contribution >= 0.6 is 0 Å². The second-order valence-corrected chi connectivity index (χ2v) is 5.84. The molecule has 0 fully saturated rings. The summed E-state index contributed by atoms with van der Waals surface area (Å²) in [6, 6.07) is 10.5. The molecule has 0 aliphatic rings. The maximum atomic E-state index is 13.8. The molecule has 0 saturated carbocycles. The minimum Gasteiger partial charge on any atom is -0.485 e. The maximum absolute atomic E-state index is 13.8. The van der Waals surface area contributed by atoms with Crippen molar-refractivity contribution in [3.8, 4) is 5.75 Å². The average Bonchev–Trinajstić information content (AvgIpc) is 3.08. The number of halogens is 1. The van der Waals surface area contributed by atoms with Crippen LogP contribution < -0.4 is 15.4 Å². The van der Waals surface area contributed by atoms with Crippen LogP contribution in [0.1, 0.15) is 29.0 Å². The molecule has 0 aliphatic heterocycles. The van der Waals surface area contributed by atoms with E-state index >= 15 is 0 Å². The Kier molecular flexibility index (Phi) is 5.64. The molecule has 0 saturated heterocycles. The normalized spacial score (nSPS) is 10.4. The summed E-state index contributed by atoms with van der Waals surface area (Å²) in [5, 5.41) is 8.75. The Bertz CT molecular complexity index is 1020. The molecule has 0 aliphatic carbocycles. The number of rotatable bonds is 6. The van der Waals surface area contributed by atoms with Crippen LogP contribution in [0.2, 0.25) is 0 Å². The van der Waals surface area contributed by atoms with Crippen molar-refractivity contribution in [2.45, 2.75) is 20.5 Å². The number of aromatic nitrogens is 2. The van der Waals surface area contributed by atoms with Crippen LogP contribution in [0.5, 0.6) is 5.75 Å². The van der Waals surface area contributed by atoms with Gasteiger partial charge in [0.25, 0.3) is 5.91 Å². The van der Waals surface area contributed by atoms with Crippen molar-refractivity contribution in [1.29, 1.82) is 0 Å². The van der Waals surface area contributed by atoms with Crippen LogP contribution in [-0.4, -0.2) is 22.0 Å². The highest BCUT2D eigenvalue weighted by molar-refractivity contribution is 6.06. The maximum Gasteiger partial charge on any atom is 0.259 e. The van der Waals surface area contributed by atoms with Gasteiger partial charge in [0.15, 0.2) is 6.61 Å². The quantitative estimate of drug-likeness (QED) is 0.675. The second kappa shape index (κ2) is 8.30.